The zero-order chi connectivity index (χ0) is 28.5. The molecule has 13 nitrogen and oxygen atoms in total. The van der Waals surface area contributed by atoms with Gasteiger partial charge in [0, 0.05) is 24.0 Å². The average molecular weight is 580 g/mol. The first-order valence-electron chi connectivity index (χ1n) is 12.3. The fraction of sp³-hybridized carbons (Fsp3) is 0.500. The molecule has 0 aromatic carbocycles. The molecule has 1 aromatic rings. The number of carboxylic acids is 2. The number of carbonyl (C=O) groups is 4. The highest BCUT2D eigenvalue weighted by atomic mass is 32.2. The van der Waals surface area contributed by atoms with Crippen LogP contribution in [0, 0.1) is 0 Å². The molecule has 0 saturated carbocycles. The summed E-state index contributed by atoms with van der Waals surface area (Å²) in [7, 11) is 2.17. The van der Waals surface area contributed by atoms with Crippen LogP contribution in [0.4, 0.5) is 5.13 Å². The van der Waals surface area contributed by atoms with Crippen LogP contribution in [-0.4, -0.2) is 103 Å². The smallest absolute Gasteiger partial charge is 0.352 e. The number of aliphatic carboxylic acids is 2. The molecule has 0 spiro atoms. The Bertz CT molecular complexity index is 1280. The number of fused-ring (bicyclic) bond motifs is 1. The van der Waals surface area contributed by atoms with Crippen LogP contribution < -0.4 is 11.1 Å². The molecule has 2 fully saturated rings. The molecule has 210 valence electrons. The lowest BCUT2D eigenvalue weighted by atomic mass is 10.0. The van der Waals surface area contributed by atoms with E-state index in [4.69, 9.17) is 10.6 Å². The van der Waals surface area contributed by atoms with Crippen molar-refractivity contribution in [3.05, 3.63) is 34.5 Å². The SMILES string of the molecule is CC(C)(O/N=C(\C(=O)NC1C(=O)N2C(C(=O)O)=C(/C=C/C[N+]3(C)CCCC3)CS[C@H]12)c1csc(N)n1)C(=O)O. The minimum atomic E-state index is -1.74. The van der Waals surface area contributed by atoms with Crippen LogP contribution in [0.15, 0.2) is 34.0 Å². The van der Waals surface area contributed by atoms with Crippen LogP contribution in [0.1, 0.15) is 32.4 Å². The topological polar surface area (TPSA) is 185 Å². The van der Waals surface area contributed by atoms with E-state index in [2.05, 4.69) is 22.5 Å². The van der Waals surface area contributed by atoms with E-state index >= 15 is 0 Å². The molecular formula is C24H31N6O7S2+. The molecule has 2 saturated heterocycles. The molecule has 39 heavy (non-hydrogen) atoms. The van der Waals surface area contributed by atoms with Crippen LogP contribution in [0.5, 0.6) is 0 Å². The molecule has 0 aliphatic carbocycles. The number of thiazole rings is 1. The highest BCUT2D eigenvalue weighted by Gasteiger charge is 2.54. The van der Waals surface area contributed by atoms with Gasteiger partial charge in [0.1, 0.15) is 22.8 Å². The second-order valence-electron chi connectivity index (χ2n) is 10.3. The molecule has 0 bridgehead atoms. The molecule has 4 rings (SSSR count). The standard InChI is InChI=1S/C24H30N6O7S2/c1-24(2,22(35)36)37-28-15(14-12-39-23(25)26-14)18(31)27-16-19(32)29-17(21(33)34)13(11-38-20(16)29)7-6-10-30(3)8-4-5-9-30/h6-7,12,16,20H,4-5,8-11H2,1-3H3,(H4-,25,26,27,31,33,34,35,36)/p+1/b7-6+,28-15-/t16?,20-/m1/s1. The van der Waals surface area contributed by atoms with Crippen molar-refractivity contribution in [1.29, 1.82) is 0 Å². The summed E-state index contributed by atoms with van der Waals surface area (Å²) in [6.07, 6.45) is 6.10. The lowest BCUT2D eigenvalue weighted by Gasteiger charge is -2.49. The number of rotatable bonds is 10. The predicted octanol–water partition coefficient (Wildman–Crippen LogP) is 0.844. The van der Waals surface area contributed by atoms with Gasteiger partial charge in [0.2, 0.25) is 5.60 Å². The number of hydrogen-bond donors (Lipinski definition) is 4. The number of oxime groups is 1. The number of anilines is 1. The number of quaternary nitrogens is 1. The first-order valence-corrected chi connectivity index (χ1v) is 14.2. The largest absolute Gasteiger partial charge is 0.478 e. The summed E-state index contributed by atoms with van der Waals surface area (Å²) in [5, 5.41) is 26.5. The van der Waals surface area contributed by atoms with Gasteiger partial charge in [0.05, 0.1) is 26.7 Å². The van der Waals surface area contributed by atoms with Gasteiger partial charge in [0.25, 0.3) is 11.8 Å². The number of hydrogen-bond acceptors (Lipinski definition) is 10. The lowest BCUT2D eigenvalue weighted by Crippen LogP contribution is -2.71. The minimum absolute atomic E-state index is 0.0454. The Morgan fingerprint density at radius 2 is 2.03 bits per heavy atom. The first kappa shape index (κ1) is 28.6. The molecule has 0 radical (unpaired) electrons. The Labute approximate surface area is 232 Å². The van der Waals surface area contributed by atoms with E-state index in [1.54, 1.807) is 6.08 Å². The third-order valence-electron chi connectivity index (χ3n) is 6.86. The van der Waals surface area contributed by atoms with Crippen molar-refractivity contribution in [2.75, 3.05) is 38.2 Å². The van der Waals surface area contributed by atoms with Crippen LogP contribution >= 0.6 is 23.1 Å². The molecule has 3 aliphatic heterocycles. The summed E-state index contributed by atoms with van der Waals surface area (Å²) in [4.78, 5) is 60.1. The third kappa shape index (κ3) is 5.94. The summed E-state index contributed by atoms with van der Waals surface area (Å²) in [6.45, 7) is 5.45. The highest BCUT2D eigenvalue weighted by molar-refractivity contribution is 8.00. The van der Waals surface area contributed by atoms with Gasteiger partial charge < -0.3 is 30.6 Å². The number of nitrogens with zero attached hydrogens (tertiary/aromatic N) is 4. The zero-order valence-electron chi connectivity index (χ0n) is 21.7. The van der Waals surface area contributed by atoms with E-state index in [0.717, 1.165) is 35.5 Å². The molecule has 5 N–H and O–H groups in total. The number of thioether (sulfide) groups is 1. The van der Waals surface area contributed by atoms with E-state index in [-0.39, 0.29) is 22.2 Å². The average Bonchev–Trinajstić information content (AvgIpc) is 3.50. The second-order valence-corrected chi connectivity index (χ2v) is 12.3. The maximum Gasteiger partial charge on any atom is 0.352 e. The maximum atomic E-state index is 13.2. The number of β-lactam (4-membered cyclic amide) rings is 1. The number of carbonyl (C=O) groups excluding carboxylic acids is 2. The Kier molecular flexibility index (Phi) is 8.04. The zero-order valence-corrected chi connectivity index (χ0v) is 23.4. The number of likely N-dealkylation sites (tertiary alicyclic amines) is 1. The predicted molar refractivity (Wildman–Crippen MR) is 145 cm³/mol. The number of aromatic nitrogens is 1. The van der Waals surface area contributed by atoms with E-state index in [9.17, 15) is 29.4 Å². The summed E-state index contributed by atoms with van der Waals surface area (Å²) >= 11 is 2.38. The molecule has 1 unspecified atom stereocenters. The molecule has 2 atom stereocenters. The number of nitrogen functional groups attached to an aromatic ring is 1. The van der Waals surface area contributed by atoms with Crippen LogP contribution in [0.3, 0.4) is 0 Å². The number of carboxylic acid groups (broad SMARTS) is 2. The van der Waals surface area contributed by atoms with Crippen molar-refractivity contribution in [3.63, 3.8) is 0 Å². The van der Waals surface area contributed by atoms with Crippen molar-refractivity contribution in [2.45, 2.75) is 43.7 Å². The minimum Gasteiger partial charge on any atom is -0.478 e. The van der Waals surface area contributed by atoms with E-state index in [0.29, 0.717) is 11.3 Å². The Hall–Kier alpha value is -3.43. The highest BCUT2D eigenvalue weighted by Crippen LogP contribution is 2.40. The second kappa shape index (κ2) is 11.0. The molecule has 4 heterocycles. The third-order valence-corrected chi connectivity index (χ3v) is 8.83. The Morgan fingerprint density at radius 3 is 2.62 bits per heavy atom. The summed E-state index contributed by atoms with van der Waals surface area (Å²) < 4.78 is 0.903. The van der Waals surface area contributed by atoms with E-state index in [1.807, 2.05) is 6.08 Å². The summed E-state index contributed by atoms with van der Waals surface area (Å²) in [6, 6.07) is -1.02. The molecule has 2 amide bonds. The number of allylic oxidation sites excluding steroid dienone is 1. The normalized spacial score (nSPS) is 23.0. The van der Waals surface area contributed by atoms with Gasteiger partial charge in [-0.3, -0.25) is 14.5 Å². The number of nitrogens with two attached hydrogens (primary N) is 1. The fourth-order valence-electron chi connectivity index (χ4n) is 4.51. The van der Waals surface area contributed by atoms with Crippen molar-refractivity contribution in [3.8, 4) is 0 Å². The van der Waals surface area contributed by atoms with Crippen molar-refractivity contribution >= 4 is 57.7 Å². The maximum absolute atomic E-state index is 13.2. The van der Waals surface area contributed by atoms with Gasteiger partial charge in [-0.25, -0.2) is 14.6 Å². The van der Waals surface area contributed by atoms with Crippen LogP contribution in [0.25, 0.3) is 0 Å². The molecule has 15 heteroatoms. The molecule has 1 aromatic heterocycles. The van der Waals surface area contributed by atoms with Gasteiger partial charge in [-0.15, -0.1) is 23.1 Å². The number of amides is 2. The fourth-order valence-corrected chi connectivity index (χ4v) is 6.38. The number of nitrogens with one attached hydrogen (secondary N) is 1. The number of likely N-dealkylation sites (N-methyl/N-ethyl adjacent to an activating group) is 1. The van der Waals surface area contributed by atoms with E-state index < -0.39 is 40.8 Å². The summed E-state index contributed by atoms with van der Waals surface area (Å²) in [5.74, 6) is -3.59. The van der Waals surface area contributed by atoms with Crippen molar-refractivity contribution < 1.29 is 38.7 Å². The van der Waals surface area contributed by atoms with Crippen LogP contribution in [0.2, 0.25) is 0 Å². The van der Waals surface area contributed by atoms with Gasteiger partial charge in [-0.2, -0.15) is 0 Å². The lowest BCUT2D eigenvalue weighted by molar-refractivity contribution is -0.891. The molecule has 3 aliphatic rings. The summed E-state index contributed by atoms with van der Waals surface area (Å²) in [5.41, 5.74) is 4.07. The van der Waals surface area contributed by atoms with Crippen LogP contribution in [-0.2, 0) is 24.0 Å². The first-order chi connectivity index (χ1) is 18.3. The molecular weight excluding hydrogens is 548 g/mol. The van der Waals surface area contributed by atoms with E-state index in [1.165, 1.54) is 48.7 Å². The van der Waals surface area contributed by atoms with Gasteiger partial charge >= 0.3 is 11.9 Å². The van der Waals surface area contributed by atoms with Crippen molar-refractivity contribution in [1.82, 2.24) is 15.2 Å². The van der Waals surface area contributed by atoms with Gasteiger partial charge in [0.15, 0.2) is 10.8 Å². The Morgan fingerprint density at radius 1 is 1.33 bits per heavy atom. The van der Waals surface area contributed by atoms with Crippen molar-refractivity contribution in [2.24, 2.45) is 5.16 Å². The van der Waals surface area contributed by atoms with Gasteiger partial charge in [-0.05, 0) is 25.5 Å². The Balaban J connectivity index is 1.51. The van der Waals surface area contributed by atoms with Gasteiger partial charge in [-0.1, -0.05) is 11.2 Å². The monoisotopic (exact) mass is 579 g/mol. The quantitative estimate of drug-likeness (QED) is 0.134.